The zero-order valence-electron chi connectivity index (χ0n) is 14.5. The van der Waals surface area contributed by atoms with Crippen LogP contribution in [0.15, 0.2) is 50.4 Å². The molecule has 3 aromatic rings. The second kappa shape index (κ2) is 8.11. The molecule has 0 aliphatic heterocycles. The summed E-state index contributed by atoms with van der Waals surface area (Å²) in [7, 11) is 0. The molecule has 0 bridgehead atoms. The van der Waals surface area contributed by atoms with Gasteiger partial charge in [0.25, 0.3) is 0 Å². The summed E-state index contributed by atoms with van der Waals surface area (Å²) in [5.41, 5.74) is 1.15. The van der Waals surface area contributed by atoms with Crippen LogP contribution in [0.3, 0.4) is 0 Å². The van der Waals surface area contributed by atoms with Gasteiger partial charge < -0.3 is 5.11 Å². The van der Waals surface area contributed by atoms with Crippen LogP contribution < -0.4 is 0 Å². The van der Waals surface area contributed by atoms with E-state index in [1.54, 1.807) is 16.7 Å². The van der Waals surface area contributed by atoms with E-state index in [4.69, 9.17) is 0 Å². The first kappa shape index (κ1) is 18.8. The van der Waals surface area contributed by atoms with Crippen molar-refractivity contribution in [2.45, 2.75) is 20.5 Å². The van der Waals surface area contributed by atoms with Gasteiger partial charge in [-0.25, -0.2) is 0 Å². The molecule has 0 spiro atoms. The van der Waals surface area contributed by atoms with E-state index in [0.717, 1.165) is 28.5 Å². The summed E-state index contributed by atoms with van der Waals surface area (Å²) in [5, 5.41) is 21.2. The highest BCUT2D eigenvalue weighted by molar-refractivity contribution is 9.10. The minimum atomic E-state index is -0.418. The summed E-state index contributed by atoms with van der Waals surface area (Å²) in [6.45, 7) is 6.40. The van der Waals surface area contributed by atoms with Crippen molar-refractivity contribution in [3.63, 3.8) is 0 Å². The summed E-state index contributed by atoms with van der Waals surface area (Å²) in [6, 6.07) is 9.20. The van der Waals surface area contributed by atoms with Gasteiger partial charge >= 0.3 is 5.91 Å². The number of fused-ring (bicyclic) bond motifs is 1. The molecule has 1 amide bonds. The third-order valence-electron chi connectivity index (χ3n) is 4.18. The van der Waals surface area contributed by atoms with Crippen molar-refractivity contribution in [1.29, 1.82) is 0 Å². The van der Waals surface area contributed by atoms with Crippen LogP contribution in [0.2, 0.25) is 0 Å². The lowest BCUT2D eigenvalue weighted by Gasteiger charge is -2.20. The van der Waals surface area contributed by atoms with E-state index in [1.807, 2.05) is 23.6 Å². The predicted octanol–water partition coefficient (Wildman–Crippen LogP) is 5.39. The Labute approximate surface area is 163 Å². The van der Waals surface area contributed by atoms with Gasteiger partial charge in [-0.05, 0) is 42.7 Å². The predicted molar refractivity (Wildman–Crippen MR) is 107 cm³/mol. The van der Waals surface area contributed by atoms with E-state index in [2.05, 4.69) is 44.9 Å². The van der Waals surface area contributed by atoms with Crippen molar-refractivity contribution >= 4 is 49.8 Å². The van der Waals surface area contributed by atoms with Crippen LogP contribution >= 0.6 is 27.3 Å². The lowest BCUT2D eigenvalue weighted by atomic mass is 10.2. The zero-order valence-corrected chi connectivity index (χ0v) is 16.9. The highest BCUT2D eigenvalue weighted by Gasteiger charge is 2.19. The SMILES string of the molecule is CCN(CC)Cn1c(O)c(N=NC(=O)c2cccs2)c2cc(Br)ccc21. The molecular formula is C18H19BrN4O2S. The minimum Gasteiger partial charge on any atom is -0.493 e. The summed E-state index contributed by atoms with van der Waals surface area (Å²) in [4.78, 5) is 14.8. The molecule has 1 aromatic carbocycles. The molecular weight excluding hydrogens is 416 g/mol. The average Bonchev–Trinajstić information content (AvgIpc) is 3.25. The number of amides is 1. The van der Waals surface area contributed by atoms with Crippen LogP contribution in [0.5, 0.6) is 5.88 Å². The van der Waals surface area contributed by atoms with E-state index in [1.165, 1.54) is 11.3 Å². The Morgan fingerprint density at radius 1 is 1.31 bits per heavy atom. The molecule has 136 valence electrons. The zero-order chi connectivity index (χ0) is 18.7. The summed E-state index contributed by atoms with van der Waals surface area (Å²) >= 11 is 4.76. The van der Waals surface area contributed by atoms with Gasteiger partial charge in [0.15, 0.2) is 5.69 Å². The molecule has 2 aromatic heterocycles. The maximum Gasteiger partial charge on any atom is 0.305 e. The first-order valence-electron chi connectivity index (χ1n) is 8.27. The molecule has 0 saturated carbocycles. The highest BCUT2D eigenvalue weighted by atomic mass is 79.9. The van der Waals surface area contributed by atoms with Gasteiger partial charge in [-0.1, -0.05) is 35.8 Å². The number of halogens is 1. The molecule has 8 heteroatoms. The number of aromatic nitrogens is 1. The standard InChI is InChI=1S/C18H19BrN4O2S/c1-3-22(4-2)11-23-14-8-7-12(19)10-13(14)16(18(23)25)20-21-17(24)15-6-5-9-26-15/h5-10,25H,3-4,11H2,1-2H3. The second-order valence-electron chi connectivity index (χ2n) is 5.69. The van der Waals surface area contributed by atoms with Gasteiger partial charge in [0.05, 0.1) is 17.1 Å². The number of hydrogen-bond acceptors (Lipinski definition) is 5. The van der Waals surface area contributed by atoms with E-state index in [0.29, 0.717) is 17.2 Å². The van der Waals surface area contributed by atoms with Gasteiger partial charge in [-0.15, -0.1) is 21.6 Å². The van der Waals surface area contributed by atoms with E-state index >= 15 is 0 Å². The van der Waals surface area contributed by atoms with Crippen molar-refractivity contribution in [3.8, 4) is 5.88 Å². The topological polar surface area (TPSA) is 70.2 Å². The van der Waals surface area contributed by atoms with Crippen LogP contribution in [-0.4, -0.2) is 33.6 Å². The molecule has 6 nitrogen and oxygen atoms in total. The quantitative estimate of drug-likeness (QED) is 0.528. The Morgan fingerprint density at radius 3 is 2.73 bits per heavy atom. The summed E-state index contributed by atoms with van der Waals surface area (Å²) < 4.78 is 2.66. The van der Waals surface area contributed by atoms with Crippen molar-refractivity contribution in [1.82, 2.24) is 9.47 Å². The summed E-state index contributed by atoms with van der Waals surface area (Å²) in [5.74, 6) is -0.410. The number of carbonyl (C=O) groups is 1. The molecule has 0 fully saturated rings. The largest absolute Gasteiger partial charge is 0.493 e. The molecule has 0 atom stereocenters. The van der Waals surface area contributed by atoms with Crippen molar-refractivity contribution in [2.75, 3.05) is 13.1 Å². The minimum absolute atomic E-state index is 0.00716. The maximum absolute atomic E-state index is 12.1. The normalized spacial score (nSPS) is 11.8. The monoisotopic (exact) mass is 434 g/mol. The van der Waals surface area contributed by atoms with Gasteiger partial charge in [-0.3, -0.25) is 14.3 Å². The van der Waals surface area contributed by atoms with E-state index < -0.39 is 5.91 Å². The fraction of sp³-hybridized carbons (Fsp3) is 0.278. The molecule has 3 rings (SSSR count). The van der Waals surface area contributed by atoms with Crippen LogP contribution in [0.1, 0.15) is 23.5 Å². The Hall–Kier alpha value is -2.03. The third kappa shape index (κ3) is 3.72. The first-order chi connectivity index (χ1) is 12.5. The highest BCUT2D eigenvalue weighted by Crippen LogP contribution is 2.40. The number of nitrogens with zero attached hydrogens (tertiary/aromatic N) is 4. The Kier molecular flexibility index (Phi) is 5.85. The smallest absolute Gasteiger partial charge is 0.305 e. The Morgan fingerprint density at radius 2 is 2.08 bits per heavy atom. The van der Waals surface area contributed by atoms with Crippen LogP contribution in [-0.2, 0) is 6.67 Å². The van der Waals surface area contributed by atoms with Crippen LogP contribution in [0, 0.1) is 0 Å². The molecule has 0 unspecified atom stereocenters. The van der Waals surface area contributed by atoms with Gasteiger partial charge in [-0.2, -0.15) is 0 Å². The van der Waals surface area contributed by atoms with Gasteiger partial charge in [0.2, 0.25) is 5.88 Å². The Balaban J connectivity index is 2.05. The molecule has 0 aliphatic rings. The molecule has 0 radical (unpaired) electrons. The number of aromatic hydroxyl groups is 1. The summed E-state index contributed by atoms with van der Waals surface area (Å²) in [6.07, 6.45) is 0. The molecule has 26 heavy (non-hydrogen) atoms. The fourth-order valence-corrected chi connectivity index (χ4v) is 3.67. The Bertz CT molecular complexity index is 946. The maximum atomic E-state index is 12.1. The number of carbonyl (C=O) groups excluding carboxylic acids is 1. The molecule has 0 saturated heterocycles. The van der Waals surface area contributed by atoms with E-state index in [-0.39, 0.29) is 5.88 Å². The van der Waals surface area contributed by atoms with Crippen molar-refractivity contribution in [3.05, 3.63) is 45.1 Å². The number of hydrogen-bond donors (Lipinski definition) is 1. The van der Waals surface area contributed by atoms with Crippen molar-refractivity contribution in [2.24, 2.45) is 10.2 Å². The van der Waals surface area contributed by atoms with Crippen LogP contribution in [0.4, 0.5) is 5.69 Å². The van der Waals surface area contributed by atoms with E-state index in [9.17, 15) is 9.90 Å². The third-order valence-corrected chi connectivity index (χ3v) is 5.53. The fourth-order valence-electron chi connectivity index (χ4n) is 2.71. The number of rotatable bonds is 6. The molecule has 2 heterocycles. The van der Waals surface area contributed by atoms with Gasteiger partial charge in [0.1, 0.15) is 0 Å². The van der Waals surface area contributed by atoms with Crippen LogP contribution in [0.25, 0.3) is 10.9 Å². The number of thiophene rings is 1. The number of benzene rings is 1. The lowest BCUT2D eigenvalue weighted by molar-refractivity contribution is 0.0999. The molecule has 0 aliphatic carbocycles. The molecule has 1 N–H and O–H groups in total. The second-order valence-corrected chi connectivity index (χ2v) is 7.55. The average molecular weight is 435 g/mol. The van der Waals surface area contributed by atoms with Crippen molar-refractivity contribution < 1.29 is 9.90 Å². The lowest BCUT2D eigenvalue weighted by Crippen LogP contribution is -2.25. The number of azo groups is 1. The van der Waals surface area contributed by atoms with Gasteiger partial charge in [0, 0.05) is 9.86 Å². The first-order valence-corrected chi connectivity index (χ1v) is 9.95.